The van der Waals surface area contributed by atoms with E-state index in [1.165, 1.54) is 0 Å². The molecule has 0 aliphatic carbocycles. The number of nitrogens with zero attached hydrogens (tertiary/aromatic N) is 2. The first kappa shape index (κ1) is 19.1. The Balaban J connectivity index is 1.30. The molecule has 7 heteroatoms. The van der Waals surface area contributed by atoms with Crippen molar-refractivity contribution in [1.82, 2.24) is 20.2 Å². The summed E-state index contributed by atoms with van der Waals surface area (Å²) in [6, 6.07) is 13.6. The van der Waals surface area contributed by atoms with Crippen LogP contribution in [-0.2, 0) is 12.1 Å². The van der Waals surface area contributed by atoms with Crippen molar-refractivity contribution in [2.24, 2.45) is 0 Å². The normalized spacial score (nSPS) is 12.9. The predicted octanol–water partition coefficient (Wildman–Crippen LogP) is 3.70. The zero-order valence-corrected chi connectivity index (χ0v) is 17.0. The van der Waals surface area contributed by atoms with Gasteiger partial charge < -0.3 is 24.7 Å². The van der Waals surface area contributed by atoms with E-state index < -0.39 is 5.54 Å². The fourth-order valence-corrected chi connectivity index (χ4v) is 3.60. The maximum Gasteiger partial charge on any atom is 0.315 e. The molecule has 3 aromatic rings. The molecule has 29 heavy (non-hydrogen) atoms. The van der Waals surface area contributed by atoms with Crippen LogP contribution in [-0.4, -0.2) is 28.9 Å². The minimum absolute atomic E-state index is 0.195. The summed E-state index contributed by atoms with van der Waals surface area (Å²) in [6.07, 6.45) is 0.819. The second kappa shape index (κ2) is 7.66. The van der Waals surface area contributed by atoms with Gasteiger partial charge in [0.25, 0.3) is 0 Å². The topological polar surface area (TPSA) is 77.4 Å². The van der Waals surface area contributed by atoms with Crippen molar-refractivity contribution in [2.75, 3.05) is 13.3 Å². The van der Waals surface area contributed by atoms with Gasteiger partial charge >= 0.3 is 6.03 Å². The number of hydrogen-bond donors (Lipinski definition) is 2. The second-order valence-corrected chi connectivity index (χ2v) is 7.73. The molecule has 4 rings (SSSR count). The summed E-state index contributed by atoms with van der Waals surface area (Å²) in [5.74, 6) is 2.43. The van der Waals surface area contributed by atoms with Crippen LogP contribution in [0.1, 0.15) is 31.7 Å². The summed E-state index contributed by atoms with van der Waals surface area (Å²) in [6.45, 7) is 7.55. The van der Waals surface area contributed by atoms with Gasteiger partial charge in [0.15, 0.2) is 11.5 Å². The summed E-state index contributed by atoms with van der Waals surface area (Å²) in [4.78, 5) is 17.0. The Kier molecular flexibility index (Phi) is 5.05. The fourth-order valence-electron chi connectivity index (χ4n) is 3.60. The minimum Gasteiger partial charge on any atom is -0.454 e. The molecule has 0 unspecified atom stereocenters. The Morgan fingerprint density at radius 3 is 2.83 bits per heavy atom. The number of para-hydroxylation sites is 2. The third-order valence-corrected chi connectivity index (χ3v) is 5.21. The highest BCUT2D eigenvalue weighted by Crippen LogP contribution is 2.35. The molecule has 1 aliphatic heterocycles. The predicted molar refractivity (Wildman–Crippen MR) is 111 cm³/mol. The fraction of sp³-hybridized carbons (Fsp3) is 0.364. The Morgan fingerprint density at radius 1 is 1.17 bits per heavy atom. The Hall–Kier alpha value is -3.22. The van der Waals surface area contributed by atoms with E-state index in [2.05, 4.69) is 26.3 Å². The molecule has 152 valence electrons. The molecular weight excluding hydrogens is 368 g/mol. The highest BCUT2D eigenvalue weighted by Gasteiger charge is 2.25. The lowest BCUT2D eigenvalue weighted by atomic mass is 9.94. The van der Waals surface area contributed by atoms with E-state index in [0.29, 0.717) is 12.3 Å². The van der Waals surface area contributed by atoms with Gasteiger partial charge in [-0.1, -0.05) is 18.2 Å². The molecule has 1 aliphatic rings. The average molecular weight is 394 g/mol. The Labute approximate surface area is 170 Å². The van der Waals surface area contributed by atoms with Crippen LogP contribution in [0.4, 0.5) is 4.79 Å². The molecule has 0 saturated heterocycles. The Morgan fingerprint density at radius 2 is 1.97 bits per heavy atom. The third-order valence-electron chi connectivity index (χ3n) is 5.21. The smallest absolute Gasteiger partial charge is 0.315 e. The van der Waals surface area contributed by atoms with Gasteiger partial charge in [0.1, 0.15) is 5.82 Å². The number of carbonyl (C=O) groups excluding carboxylic acids is 1. The van der Waals surface area contributed by atoms with E-state index in [4.69, 9.17) is 9.47 Å². The number of ether oxygens (including phenoxy) is 2. The number of nitrogens with one attached hydrogen (secondary N) is 2. The van der Waals surface area contributed by atoms with Gasteiger partial charge in [-0.2, -0.15) is 0 Å². The molecule has 0 radical (unpaired) electrons. The third kappa shape index (κ3) is 3.99. The van der Waals surface area contributed by atoms with Crippen molar-refractivity contribution >= 4 is 17.1 Å². The first-order chi connectivity index (χ1) is 13.9. The molecule has 0 bridgehead atoms. The molecule has 2 N–H and O–H groups in total. The summed E-state index contributed by atoms with van der Waals surface area (Å²) in [5.41, 5.74) is 2.54. The van der Waals surface area contributed by atoms with Crippen molar-refractivity contribution in [1.29, 1.82) is 0 Å². The van der Waals surface area contributed by atoms with E-state index in [9.17, 15) is 4.79 Å². The molecule has 0 saturated carbocycles. The van der Waals surface area contributed by atoms with Gasteiger partial charge in [0.05, 0.1) is 16.6 Å². The largest absolute Gasteiger partial charge is 0.454 e. The van der Waals surface area contributed by atoms with Crippen molar-refractivity contribution in [3.05, 3.63) is 53.9 Å². The van der Waals surface area contributed by atoms with E-state index in [1.807, 2.05) is 57.2 Å². The number of hydrogen-bond acceptors (Lipinski definition) is 4. The van der Waals surface area contributed by atoms with Crippen LogP contribution in [0.15, 0.2) is 42.5 Å². The maximum atomic E-state index is 12.4. The van der Waals surface area contributed by atoms with Gasteiger partial charge in [-0.15, -0.1) is 0 Å². The molecule has 2 amide bonds. The first-order valence-corrected chi connectivity index (χ1v) is 9.82. The highest BCUT2D eigenvalue weighted by atomic mass is 16.7. The van der Waals surface area contributed by atoms with Gasteiger partial charge in [-0.3, -0.25) is 0 Å². The van der Waals surface area contributed by atoms with E-state index in [-0.39, 0.29) is 12.8 Å². The van der Waals surface area contributed by atoms with Crippen LogP contribution in [0.2, 0.25) is 0 Å². The van der Waals surface area contributed by atoms with E-state index in [0.717, 1.165) is 41.1 Å². The van der Waals surface area contributed by atoms with Crippen molar-refractivity contribution in [3.8, 4) is 11.5 Å². The van der Waals surface area contributed by atoms with Gasteiger partial charge in [0.2, 0.25) is 6.79 Å². The number of urea groups is 1. The van der Waals surface area contributed by atoms with E-state index >= 15 is 0 Å². The Bertz CT molecular complexity index is 1040. The SMILES string of the molecule is Cc1nc2ccccc2n1CCCNC(=O)NC(C)(C)c1ccc2c(c1)OCO2. The quantitative estimate of drug-likeness (QED) is 0.625. The van der Waals surface area contributed by atoms with Gasteiger partial charge in [0, 0.05) is 13.1 Å². The van der Waals surface area contributed by atoms with Gasteiger partial charge in [-0.05, 0) is 57.0 Å². The monoisotopic (exact) mass is 394 g/mol. The number of fused-ring (bicyclic) bond motifs is 2. The molecule has 0 atom stereocenters. The first-order valence-electron chi connectivity index (χ1n) is 9.82. The van der Waals surface area contributed by atoms with Crippen LogP contribution in [0, 0.1) is 6.92 Å². The molecule has 0 fully saturated rings. The highest BCUT2D eigenvalue weighted by molar-refractivity contribution is 5.76. The molecule has 1 aromatic heterocycles. The summed E-state index contributed by atoms with van der Waals surface area (Å²) < 4.78 is 13.0. The molecule has 0 spiro atoms. The zero-order chi connectivity index (χ0) is 20.4. The lowest BCUT2D eigenvalue weighted by Gasteiger charge is -2.27. The lowest BCUT2D eigenvalue weighted by Crippen LogP contribution is -2.46. The molecular formula is C22H26N4O3. The number of aromatic nitrogens is 2. The number of amides is 2. The second-order valence-electron chi connectivity index (χ2n) is 7.73. The van der Waals surface area contributed by atoms with Crippen LogP contribution >= 0.6 is 0 Å². The summed E-state index contributed by atoms with van der Waals surface area (Å²) in [5, 5.41) is 5.98. The van der Waals surface area contributed by atoms with Crippen LogP contribution < -0.4 is 20.1 Å². The number of rotatable bonds is 6. The van der Waals surface area contributed by atoms with Crippen LogP contribution in [0.25, 0.3) is 11.0 Å². The van der Waals surface area contributed by atoms with Crippen molar-refractivity contribution < 1.29 is 14.3 Å². The van der Waals surface area contributed by atoms with Crippen LogP contribution in [0.5, 0.6) is 11.5 Å². The number of carbonyl (C=O) groups is 1. The number of imidazole rings is 1. The molecule has 2 aromatic carbocycles. The van der Waals surface area contributed by atoms with Crippen molar-refractivity contribution in [2.45, 2.75) is 39.3 Å². The van der Waals surface area contributed by atoms with Crippen molar-refractivity contribution in [3.63, 3.8) is 0 Å². The van der Waals surface area contributed by atoms with Gasteiger partial charge in [-0.25, -0.2) is 9.78 Å². The zero-order valence-electron chi connectivity index (χ0n) is 17.0. The maximum absolute atomic E-state index is 12.4. The molecule has 2 heterocycles. The number of benzene rings is 2. The number of aryl methyl sites for hydroxylation is 2. The summed E-state index contributed by atoms with van der Waals surface area (Å²) in [7, 11) is 0. The average Bonchev–Trinajstić information content (AvgIpc) is 3.28. The van der Waals surface area contributed by atoms with E-state index in [1.54, 1.807) is 0 Å². The standard InChI is InChI=1S/C22H26N4O3/c1-15-24-17-7-4-5-8-18(17)26(15)12-6-11-23-21(27)25-22(2,3)16-9-10-19-20(13-16)29-14-28-19/h4-5,7-10,13H,6,11-12,14H2,1-3H3,(H2,23,25,27). The summed E-state index contributed by atoms with van der Waals surface area (Å²) >= 11 is 0. The molecule has 7 nitrogen and oxygen atoms in total. The lowest BCUT2D eigenvalue weighted by molar-refractivity contribution is 0.174. The van der Waals surface area contributed by atoms with Crippen LogP contribution in [0.3, 0.4) is 0 Å². The minimum atomic E-state index is -0.539.